The Morgan fingerprint density at radius 2 is 1.69 bits per heavy atom. The molecule has 0 radical (unpaired) electrons. The van der Waals surface area contributed by atoms with Gasteiger partial charge >= 0.3 is 6.23 Å². The molecule has 0 aromatic heterocycles. The minimum atomic E-state index is -4.32. The molecule has 0 heterocycles. The van der Waals surface area contributed by atoms with Crippen LogP contribution in [0.25, 0.3) is 0 Å². The van der Waals surface area contributed by atoms with E-state index in [4.69, 9.17) is 5.11 Å². The van der Waals surface area contributed by atoms with Crippen molar-refractivity contribution in [2.24, 2.45) is 0 Å². The van der Waals surface area contributed by atoms with E-state index in [9.17, 15) is 23.6 Å². The van der Waals surface area contributed by atoms with Gasteiger partial charge < -0.3 is 10.2 Å². The molecule has 2 N–H and O–H groups in total. The van der Waals surface area contributed by atoms with E-state index in [1.165, 1.54) is 24.3 Å². The van der Waals surface area contributed by atoms with Crippen molar-refractivity contribution in [3.05, 3.63) is 40.4 Å². The lowest BCUT2D eigenvalue weighted by molar-refractivity contribution is -0.577. The van der Waals surface area contributed by atoms with Crippen LogP contribution in [0.4, 0.5) is 0 Å². The lowest BCUT2D eigenvalue weighted by atomic mass is 10.4. The third-order valence-electron chi connectivity index (χ3n) is 1.86. The van der Waals surface area contributed by atoms with Gasteiger partial charge in [-0.25, -0.2) is 8.42 Å². The molecule has 1 rings (SSSR count). The molecule has 7 nitrogen and oxygen atoms in total. The summed E-state index contributed by atoms with van der Waals surface area (Å²) < 4.78 is 23.1. The maximum Gasteiger partial charge on any atom is 0.354 e. The van der Waals surface area contributed by atoms with E-state index in [1.807, 2.05) is 0 Å². The Balaban J connectivity index is 3.09. The summed E-state index contributed by atoms with van der Waals surface area (Å²) in [6.07, 6.45) is -2.56. The van der Waals surface area contributed by atoms with Crippen molar-refractivity contribution in [1.29, 1.82) is 0 Å². The third-order valence-corrected chi connectivity index (χ3v) is 3.67. The number of rotatable bonds is 4. The first-order valence-corrected chi connectivity index (χ1v) is 5.70. The summed E-state index contributed by atoms with van der Waals surface area (Å²) in [5.74, 6) is 0. The van der Waals surface area contributed by atoms with Gasteiger partial charge in [0, 0.05) is 0 Å². The molecule has 0 amide bonds. The highest BCUT2D eigenvalue weighted by molar-refractivity contribution is 7.92. The summed E-state index contributed by atoms with van der Waals surface area (Å²) in [5, 5.41) is 28.2. The van der Waals surface area contributed by atoms with Gasteiger partial charge in [-0.1, -0.05) is 18.2 Å². The SMILES string of the molecule is O=[N+]([O-])C(O)C(O)S(=O)(=O)c1ccccc1. The molecule has 0 aliphatic heterocycles. The Morgan fingerprint density at radius 3 is 2.12 bits per heavy atom. The first-order valence-electron chi connectivity index (χ1n) is 4.16. The second-order valence-corrected chi connectivity index (χ2v) is 4.99. The van der Waals surface area contributed by atoms with E-state index in [0.717, 1.165) is 0 Å². The summed E-state index contributed by atoms with van der Waals surface area (Å²) in [6, 6.07) is 6.70. The molecular weight excluding hydrogens is 238 g/mol. The molecule has 1 aromatic carbocycles. The van der Waals surface area contributed by atoms with E-state index in [1.54, 1.807) is 6.07 Å². The smallest absolute Gasteiger partial charge is 0.354 e. The molecule has 1 aromatic rings. The highest BCUT2D eigenvalue weighted by Gasteiger charge is 2.39. The lowest BCUT2D eigenvalue weighted by Crippen LogP contribution is -2.39. The fourth-order valence-electron chi connectivity index (χ4n) is 1.01. The Hall–Kier alpha value is -1.51. The Bertz CT molecular complexity index is 471. The lowest BCUT2D eigenvalue weighted by Gasteiger charge is -2.11. The Morgan fingerprint density at radius 1 is 1.19 bits per heavy atom. The second-order valence-electron chi connectivity index (χ2n) is 2.95. The van der Waals surface area contributed by atoms with Crippen LogP contribution in [0.2, 0.25) is 0 Å². The molecule has 16 heavy (non-hydrogen) atoms. The van der Waals surface area contributed by atoms with Crippen LogP contribution in [-0.4, -0.2) is 35.2 Å². The Labute approximate surface area is 91.0 Å². The number of aliphatic hydroxyl groups excluding tert-OH is 2. The van der Waals surface area contributed by atoms with E-state index in [-0.39, 0.29) is 4.90 Å². The molecule has 0 bridgehead atoms. The first-order chi connectivity index (χ1) is 7.37. The van der Waals surface area contributed by atoms with Crippen LogP contribution >= 0.6 is 0 Å². The number of aliphatic hydroxyl groups is 2. The van der Waals surface area contributed by atoms with Gasteiger partial charge in [0.15, 0.2) is 0 Å². The number of benzene rings is 1. The van der Waals surface area contributed by atoms with Crippen molar-refractivity contribution in [2.75, 3.05) is 0 Å². The quantitative estimate of drug-likeness (QED) is 0.415. The average Bonchev–Trinajstić information content (AvgIpc) is 2.28. The van der Waals surface area contributed by atoms with E-state index >= 15 is 0 Å². The highest BCUT2D eigenvalue weighted by atomic mass is 32.2. The number of sulfone groups is 1. The van der Waals surface area contributed by atoms with Gasteiger partial charge in [-0.2, -0.15) is 0 Å². The monoisotopic (exact) mass is 247 g/mol. The summed E-state index contributed by atoms with van der Waals surface area (Å²) >= 11 is 0. The standard InChI is InChI=1S/C8H9NO6S/c10-7(9(12)13)8(11)16(14,15)6-4-2-1-3-5-6/h1-5,7-8,10-11H. The van der Waals surface area contributed by atoms with Crippen molar-refractivity contribution in [3.8, 4) is 0 Å². The predicted molar refractivity (Wildman–Crippen MR) is 52.6 cm³/mol. The molecular formula is C8H9NO6S. The van der Waals surface area contributed by atoms with Crippen LogP contribution in [0.1, 0.15) is 0 Å². The molecule has 2 unspecified atom stereocenters. The van der Waals surface area contributed by atoms with Crippen LogP contribution in [0.3, 0.4) is 0 Å². The molecule has 88 valence electrons. The molecule has 0 saturated carbocycles. The average molecular weight is 247 g/mol. The largest absolute Gasteiger partial charge is 0.369 e. The van der Waals surface area contributed by atoms with Gasteiger partial charge in [-0.3, -0.25) is 10.1 Å². The van der Waals surface area contributed by atoms with Crippen molar-refractivity contribution in [2.45, 2.75) is 16.6 Å². The summed E-state index contributed by atoms with van der Waals surface area (Å²) in [6.45, 7) is 0. The fourth-order valence-corrected chi connectivity index (χ4v) is 2.25. The molecule has 8 heteroatoms. The van der Waals surface area contributed by atoms with Gasteiger partial charge in [0.2, 0.25) is 9.84 Å². The van der Waals surface area contributed by atoms with Crippen LogP contribution in [0.15, 0.2) is 35.2 Å². The van der Waals surface area contributed by atoms with Gasteiger partial charge in [-0.05, 0) is 12.1 Å². The van der Waals surface area contributed by atoms with E-state index < -0.39 is 26.4 Å². The van der Waals surface area contributed by atoms with Gasteiger partial charge in [0.1, 0.15) is 0 Å². The molecule has 0 spiro atoms. The van der Waals surface area contributed by atoms with Gasteiger partial charge in [0.05, 0.1) is 9.82 Å². The molecule has 0 aliphatic carbocycles. The fraction of sp³-hybridized carbons (Fsp3) is 0.250. The topological polar surface area (TPSA) is 118 Å². The van der Waals surface area contributed by atoms with Crippen molar-refractivity contribution in [1.82, 2.24) is 0 Å². The minimum absolute atomic E-state index is 0.289. The predicted octanol–water partition coefficient (Wildman–Crippen LogP) is -0.626. The molecule has 0 saturated heterocycles. The first kappa shape index (κ1) is 12.6. The Kier molecular flexibility index (Phi) is 3.58. The highest BCUT2D eigenvalue weighted by Crippen LogP contribution is 2.16. The zero-order chi connectivity index (χ0) is 12.3. The summed E-state index contributed by atoms with van der Waals surface area (Å²) in [4.78, 5) is 8.59. The number of nitrogens with zero attached hydrogens (tertiary/aromatic N) is 1. The van der Waals surface area contributed by atoms with E-state index in [0.29, 0.717) is 0 Å². The van der Waals surface area contributed by atoms with Crippen LogP contribution < -0.4 is 0 Å². The van der Waals surface area contributed by atoms with E-state index in [2.05, 4.69) is 0 Å². The maximum atomic E-state index is 11.6. The minimum Gasteiger partial charge on any atom is -0.369 e. The van der Waals surface area contributed by atoms with Crippen LogP contribution in [0.5, 0.6) is 0 Å². The van der Waals surface area contributed by atoms with Crippen LogP contribution in [-0.2, 0) is 9.84 Å². The third kappa shape index (κ3) is 2.35. The van der Waals surface area contributed by atoms with Gasteiger partial charge in [-0.15, -0.1) is 0 Å². The maximum absolute atomic E-state index is 11.6. The van der Waals surface area contributed by atoms with Crippen LogP contribution in [0, 0.1) is 10.1 Å². The summed E-state index contributed by atoms with van der Waals surface area (Å²) in [7, 11) is -4.32. The zero-order valence-electron chi connectivity index (χ0n) is 7.92. The number of hydrogen-bond acceptors (Lipinski definition) is 6. The van der Waals surface area contributed by atoms with Crippen molar-refractivity contribution >= 4 is 9.84 Å². The number of hydrogen-bond donors (Lipinski definition) is 2. The van der Waals surface area contributed by atoms with Crippen molar-refractivity contribution < 1.29 is 23.6 Å². The normalized spacial score (nSPS) is 15.4. The number of nitro groups is 1. The summed E-state index contributed by atoms with van der Waals surface area (Å²) in [5.41, 5.74) is -2.48. The zero-order valence-corrected chi connectivity index (χ0v) is 8.74. The molecule has 0 fully saturated rings. The van der Waals surface area contributed by atoms with Gasteiger partial charge in [0.25, 0.3) is 5.44 Å². The molecule has 2 atom stereocenters. The second kappa shape index (κ2) is 4.56. The van der Waals surface area contributed by atoms with Crippen molar-refractivity contribution in [3.63, 3.8) is 0 Å². The molecule has 0 aliphatic rings.